The number of hydrogen-bond donors (Lipinski definition) is 1. The van der Waals surface area contributed by atoms with Gasteiger partial charge in [0.2, 0.25) is 0 Å². The van der Waals surface area contributed by atoms with E-state index in [9.17, 15) is 22.4 Å². The molecule has 0 radical (unpaired) electrons. The monoisotopic (exact) mass is 450 g/mol. The molecule has 174 valence electrons. The number of ether oxygens (including phenoxy) is 2. The Hall–Kier alpha value is -2.24. The highest BCUT2D eigenvalue weighted by molar-refractivity contribution is 5.94. The summed E-state index contributed by atoms with van der Waals surface area (Å²) in [7, 11) is 1.71. The molecular weight excluding hydrogens is 424 g/mol. The summed E-state index contributed by atoms with van der Waals surface area (Å²) in [6.07, 6.45) is -4.08. The summed E-state index contributed by atoms with van der Waals surface area (Å²) in [5.74, 6) is -3.25. The van der Waals surface area contributed by atoms with Crippen molar-refractivity contribution < 1.29 is 41.7 Å². The van der Waals surface area contributed by atoms with E-state index < -0.39 is 12.1 Å². The summed E-state index contributed by atoms with van der Waals surface area (Å²) in [5.41, 5.74) is 0.369. The van der Waals surface area contributed by atoms with E-state index in [0.717, 1.165) is 26.1 Å². The highest BCUT2D eigenvalue weighted by Crippen LogP contribution is 2.33. The van der Waals surface area contributed by atoms with Crippen LogP contribution >= 0.6 is 0 Å². The normalized spacial score (nSPS) is 22.0. The number of methoxy groups -OCH3 is 1. The second kappa shape index (κ2) is 10.9. The van der Waals surface area contributed by atoms with Crippen LogP contribution in [0.25, 0.3) is 0 Å². The van der Waals surface area contributed by atoms with Gasteiger partial charge in [-0.2, -0.15) is 13.2 Å². The fourth-order valence-electron chi connectivity index (χ4n) is 3.66. The van der Waals surface area contributed by atoms with Gasteiger partial charge < -0.3 is 24.4 Å². The van der Waals surface area contributed by atoms with Gasteiger partial charge in [-0.1, -0.05) is 6.07 Å². The Labute approximate surface area is 177 Å². The standard InChI is InChI=1S/C18H25FN2O3.C2HF3O2/c1-23-9-7-20-6-5-18(12-20)13-21(8-10-24-14-18)17(22)15-3-2-4-16(19)11-15;3-2(4,5)1(6)7/h2-4,11H,5-10,12-14H2,1H3;(H,6,7). The van der Waals surface area contributed by atoms with E-state index >= 15 is 0 Å². The van der Waals surface area contributed by atoms with Crippen molar-refractivity contribution in [2.75, 3.05) is 59.7 Å². The van der Waals surface area contributed by atoms with Crippen LogP contribution in [0.2, 0.25) is 0 Å². The Morgan fingerprint density at radius 2 is 1.97 bits per heavy atom. The molecule has 1 amide bonds. The first-order valence-corrected chi connectivity index (χ1v) is 9.70. The van der Waals surface area contributed by atoms with Gasteiger partial charge >= 0.3 is 12.1 Å². The van der Waals surface area contributed by atoms with E-state index in [2.05, 4.69) is 4.90 Å². The van der Waals surface area contributed by atoms with Gasteiger partial charge in [-0.25, -0.2) is 9.18 Å². The van der Waals surface area contributed by atoms with Crippen LogP contribution in [0.3, 0.4) is 0 Å². The molecule has 2 aliphatic heterocycles. The third-order valence-corrected chi connectivity index (χ3v) is 5.17. The number of benzene rings is 1. The maximum atomic E-state index is 13.4. The van der Waals surface area contributed by atoms with Crippen molar-refractivity contribution in [3.8, 4) is 0 Å². The summed E-state index contributed by atoms with van der Waals surface area (Å²) in [5, 5.41) is 7.12. The van der Waals surface area contributed by atoms with E-state index in [1.54, 1.807) is 19.2 Å². The molecule has 0 aromatic heterocycles. The molecule has 31 heavy (non-hydrogen) atoms. The molecule has 0 aliphatic carbocycles. The number of carbonyl (C=O) groups excluding carboxylic acids is 1. The van der Waals surface area contributed by atoms with Crippen LogP contribution < -0.4 is 0 Å². The van der Waals surface area contributed by atoms with Crippen LogP contribution in [0.4, 0.5) is 17.6 Å². The number of carboxylic acid groups (broad SMARTS) is 1. The molecule has 1 atom stereocenters. The first kappa shape index (κ1) is 25.0. The van der Waals surface area contributed by atoms with Crippen LogP contribution in [-0.4, -0.2) is 92.6 Å². The molecule has 1 aromatic rings. The molecule has 1 aromatic carbocycles. The van der Waals surface area contributed by atoms with Crippen molar-refractivity contribution in [3.05, 3.63) is 35.6 Å². The molecule has 0 saturated carbocycles. The predicted octanol–water partition coefficient (Wildman–Crippen LogP) is 2.27. The highest BCUT2D eigenvalue weighted by Gasteiger charge is 2.42. The minimum absolute atomic E-state index is 0.0345. The number of likely N-dealkylation sites (tertiary alicyclic amines) is 1. The van der Waals surface area contributed by atoms with E-state index in [4.69, 9.17) is 19.4 Å². The number of alkyl halides is 3. The van der Waals surface area contributed by atoms with Gasteiger partial charge in [-0.3, -0.25) is 4.79 Å². The van der Waals surface area contributed by atoms with Crippen molar-refractivity contribution in [1.29, 1.82) is 0 Å². The number of aliphatic carboxylic acids is 1. The van der Waals surface area contributed by atoms with Crippen molar-refractivity contribution in [3.63, 3.8) is 0 Å². The molecule has 1 N–H and O–H groups in total. The summed E-state index contributed by atoms with van der Waals surface area (Å²) in [4.78, 5) is 25.8. The molecule has 2 saturated heterocycles. The average Bonchev–Trinajstić information content (AvgIpc) is 2.98. The van der Waals surface area contributed by atoms with E-state index in [1.165, 1.54) is 12.1 Å². The van der Waals surface area contributed by atoms with Crippen molar-refractivity contribution >= 4 is 11.9 Å². The van der Waals surface area contributed by atoms with Gasteiger partial charge in [0.1, 0.15) is 5.82 Å². The summed E-state index contributed by atoms with van der Waals surface area (Å²) >= 11 is 0. The number of carboxylic acids is 1. The van der Waals surface area contributed by atoms with Crippen LogP contribution in [-0.2, 0) is 14.3 Å². The SMILES string of the molecule is COCCN1CCC2(COCCN(C(=O)c3cccc(F)c3)C2)C1.O=C(O)C(F)(F)F. The molecule has 0 bridgehead atoms. The zero-order chi connectivity index (χ0) is 23.1. The molecule has 1 spiro atoms. The fourth-order valence-corrected chi connectivity index (χ4v) is 3.66. The lowest BCUT2D eigenvalue weighted by atomic mass is 9.87. The fraction of sp³-hybridized carbons (Fsp3) is 0.600. The third kappa shape index (κ3) is 7.44. The first-order chi connectivity index (χ1) is 14.6. The Balaban J connectivity index is 0.000000423. The molecule has 2 heterocycles. The van der Waals surface area contributed by atoms with E-state index in [0.29, 0.717) is 38.5 Å². The summed E-state index contributed by atoms with van der Waals surface area (Å²) < 4.78 is 56.1. The lowest BCUT2D eigenvalue weighted by Crippen LogP contribution is -2.43. The maximum Gasteiger partial charge on any atom is 0.490 e. The number of hydrogen-bond acceptors (Lipinski definition) is 5. The Morgan fingerprint density at radius 1 is 1.26 bits per heavy atom. The number of halogens is 4. The Bertz CT molecular complexity index is 761. The van der Waals surface area contributed by atoms with Crippen molar-refractivity contribution in [2.24, 2.45) is 5.41 Å². The van der Waals surface area contributed by atoms with Crippen LogP contribution in [0.5, 0.6) is 0 Å². The summed E-state index contributed by atoms with van der Waals surface area (Å²) in [6, 6.07) is 5.91. The number of carbonyl (C=O) groups is 2. The summed E-state index contributed by atoms with van der Waals surface area (Å²) in [6.45, 7) is 5.92. The van der Waals surface area contributed by atoms with Crippen molar-refractivity contribution in [1.82, 2.24) is 9.80 Å². The second-order valence-electron chi connectivity index (χ2n) is 7.61. The van der Waals surface area contributed by atoms with Gasteiger partial charge in [-0.05, 0) is 31.2 Å². The van der Waals surface area contributed by atoms with Gasteiger partial charge in [0.25, 0.3) is 5.91 Å². The Kier molecular flexibility index (Phi) is 8.78. The van der Waals surface area contributed by atoms with Gasteiger partial charge in [-0.15, -0.1) is 0 Å². The number of amides is 1. The average molecular weight is 450 g/mol. The first-order valence-electron chi connectivity index (χ1n) is 9.70. The quantitative estimate of drug-likeness (QED) is 0.710. The predicted molar refractivity (Wildman–Crippen MR) is 102 cm³/mol. The van der Waals surface area contributed by atoms with Crippen molar-refractivity contribution in [2.45, 2.75) is 12.6 Å². The smallest absolute Gasteiger partial charge is 0.475 e. The minimum Gasteiger partial charge on any atom is -0.475 e. The minimum atomic E-state index is -5.08. The molecule has 2 fully saturated rings. The third-order valence-electron chi connectivity index (χ3n) is 5.17. The van der Waals surface area contributed by atoms with E-state index in [-0.39, 0.29) is 17.1 Å². The van der Waals surface area contributed by atoms with Crippen LogP contribution in [0, 0.1) is 11.2 Å². The number of rotatable bonds is 4. The molecular formula is C20H26F4N2O5. The Morgan fingerprint density at radius 3 is 2.58 bits per heavy atom. The molecule has 7 nitrogen and oxygen atoms in total. The van der Waals surface area contributed by atoms with Gasteiger partial charge in [0, 0.05) is 44.3 Å². The maximum absolute atomic E-state index is 13.4. The topological polar surface area (TPSA) is 79.3 Å². The van der Waals surface area contributed by atoms with Gasteiger partial charge in [0.05, 0.1) is 19.8 Å². The second-order valence-corrected chi connectivity index (χ2v) is 7.61. The van der Waals surface area contributed by atoms with E-state index in [1.807, 2.05) is 4.90 Å². The molecule has 11 heteroatoms. The van der Waals surface area contributed by atoms with Crippen LogP contribution in [0.1, 0.15) is 16.8 Å². The highest BCUT2D eigenvalue weighted by atomic mass is 19.4. The molecule has 3 rings (SSSR count). The number of nitrogens with zero attached hydrogens (tertiary/aromatic N) is 2. The zero-order valence-corrected chi connectivity index (χ0v) is 17.2. The lowest BCUT2D eigenvalue weighted by molar-refractivity contribution is -0.192. The van der Waals surface area contributed by atoms with Crippen LogP contribution in [0.15, 0.2) is 24.3 Å². The molecule has 2 aliphatic rings. The van der Waals surface area contributed by atoms with Gasteiger partial charge in [0.15, 0.2) is 0 Å². The lowest BCUT2D eigenvalue weighted by Gasteiger charge is -2.32. The zero-order valence-electron chi connectivity index (χ0n) is 17.2. The molecule has 1 unspecified atom stereocenters. The largest absolute Gasteiger partial charge is 0.490 e.